The van der Waals surface area contributed by atoms with Crippen molar-refractivity contribution in [1.29, 1.82) is 0 Å². The van der Waals surface area contributed by atoms with Crippen LogP contribution < -0.4 is 20.7 Å². The molecule has 0 saturated carbocycles. The number of fused-ring (bicyclic) bond motifs is 1. The third-order valence-corrected chi connectivity index (χ3v) is 9.77. The molecule has 0 aliphatic carbocycles. The van der Waals surface area contributed by atoms with E-state index in [1.807, 2.05) is 18.2 Å². The molecule has 6 heterocycles. The van der Waals surface area contributed by atoms with Crippen molar-refractivity contribution in [2.75, 3.05) is 68.5 Å². The number of likely N-dealkylation sites (tertiary alicyclic amines) is 1. The Kier molecular flexibility index (Phi) is 7.52. The van der Waals surface area contributed by atoms with Crippen molar-refractivity contribution >= 4 is 40.2 Å². The predicted molar refractivity (Wildman–Crippen MR) is 177 cm³/mol. The van der Waals surface area contributed by atoms with Gasteiger partial charge in [0.15, 0.2) is 11.5 Å². The Morgan fingerprint density at radius 2 is 1.60 bits per heavy atom. The van der Waals surface area contributed by atoms with E-state index in [9.17, 15) is 9.59 Å². The largest absolute Gasteiger partial charge is 0.371 e. The van der Waals surface area contributed by atoms with E-state index in [4.69, 9.17) is 9.97 Å². The van der Waals surface area contributed by atoms with E-state index in [1.54, 1.807) is 45.9 Å². The number of piperidine rings is 2. The normalized spacial score (nSPS) is 18.7. The summed E-state index contributed by atoms with van der Waals surface area (Å²) >= 11 is 0. The first kappa shape index (κ1) is 29.0. The lowest BCUT2D eigenvalue weighted by Crippen LogP contribution is -2.46. The standard InChI is InChI=1S/C33H40N10O2/c1-4-16-42-30(44)26-23-34-31(37-29(26)43(42)28-7-5-6-27(36-28)41-22-21-39(3)32(41)45)35-24-8-10-25(11-9-24)40-19-14-33(15-20-40)12-17-38(2)18-13-33/h4-11,23H,1,12-22H2,2-3H3,(H,34,35,37). The van der Waals surface area contributed by atoms with E-state index in [2.05, 4.69) is 45.9 Å². The molecule has 234 valence electrons. The first-order valence-electron chi connectivity index (χ1n) is 15.7. The fraction of sp³-hybridized carbons (Fsp3) is 0.424. The molecule has 1 aromatic carbocycles. The van der Waals surface area contributed by atoms with Crippen LogP contribution in [0.25, 0.3) is 16.9 Å². The quantitative estimate of drug-likeness (QED) is 0.313. The highest BCUT2D eigenvalue weighted by Crippen LogP contribution is 2.42. The minimum absolute atomic E-state index is 0.109. The Balaban J connectivity index is 1.13. The molecule has 3 aliphatic heterocycles. The number of urea groups is 1. The van der Waals surface area contributed by atoms with E-state index >= 15 is 0 Å². The summed E-state index contributed by atoms with van der Waals surface area (Å²) in [7, 11) is 4.00. The summed E-state index contributed by atoms with van der Waals surface area (Å²) in [5.41, 5.74) is 2.78. The zero-order chi connectivity index (χ0) is 31.1. The van der Waals surface area contributed by atoms with Gasteiger partial charge in [-0.3, -0.25) is 9.69 Å². The molecule has 0 unspecified atom stereocenters. The highest BCUT2D eigenvalue weighted by Gasteiger charge is 2.37. The topological polar surface area (TPSA) is 108 Å². The third-order valence-electron chi connectivity index (χ3n) is 9.77. The van der Waals surface area contributed by atoms with Crippen LogP contribution in [-0.4, -0.2) is 93.5 Å². The van der Waals surface area contributed by atoms with E-state index in [0.717, 1.165) is 18.8 Å². The molecular weight excluding hydrogens is 568 g/mol. The van der Waals surface area contributed by atoms with Gasteiger partial charge in [-0.25, -0.2) is 24.1 Å². The van der Waals surface area contributed by atoms with E-state index in [1.165, 1.54) is 49.1 Å². The van der Waals surface area contributed by atoms with E-state index < -0.39 is 0 Å². The number of nitrogens with zero attached hydrogens (tertiary/aromatic N) is 9. The molecule has 7 rings (SSSR count). The van der Waals surface area contributed by atoms with Gasteiger partial charge in [-0.2, -0.15) is 4.98 Å². The molecule has 0 radical (unpaired) electrons. The number of rotatable bonds is 7. The maximum atomic E-state index is 13.4. The highest BCUT2D eigenvalue weighted by molar-refractivity contribution is 5.93. The lowest BCUT2D eigenvalue weighted by Gasteiger charge is -2.46. The van der Waals surface area contributed by atoms with Crippen LogP contribution in [0.5, 0.6) is 0 Å². The maximum absolute atomic E-state index is 13.4. The van der Waals surface area contributed by atoms with Crippen LogP contribution >= 0.6 is 0 Å². The molecule has 2 amide bonds. The lowest BCUT2D eigenvalue weighted by molar-refractivity contribution is 0.0945. The Hall–Kier alpha value is -4.71. The van der Waals surface area contributed by atoms with Crippen molar-refractivity contribution in [1.82, 2.24) is 34.1 Å². The molecule has 3 aromatic heterocycles. The minimum Gasteiger partial charge on any atom is -0.371 e. The van der Waals surface area contributed by atoms with Crippen LogP contribution in [0.1, 0.15) is 25.7 Å². The summed E-state index contributed by atoms with van der Waals surface area (Å²) in [4.78, 5) is 48.3. The molecule has 0 bridgehead atoms. The van der Waals surface area contributed by atoms with Gasteiger partial charge in [0, 0.05) is 50.8 Å². The number of hydrogen-bond donors (Lipinski definition) is 1. The smallest absolute Gasteiger partial charge is 0.325 e. The lowest BCUT2D eigenvalue weighted by atomic mass is 9.71. The average molecular weight is 609 g/mol. The van der Waals surface area contributed by atoms with Gasteiger partial charge in [-0.05, 0) is 87.6 Å². The van der Waals surface area contributed by atoms with Gasteiger partial charge in [0.1, 0.15) is 11.2 Å². The zero-order valence-electron chi connectivity index (χ0n) is 26.0. The summed E-state index contributed by atoms with van der Waals surface area (Å²) in [5.74, 6) is 1.36. The van der Waals surface area contributed by atoms with Crippen molar-refractivity contribution in [2.24, 2.45) is 5.41 Å². The monoisotopic (exact) mass is 608 g/mol. The van der Waals surface area contributed by atoms with Crippen molar-refractivity contribution in [3.8, 4) is 5.82 Å². The number of carbonyl (C=O) groups excluding carboxylic acids is 1. The summed E-state index contributed by atoms with van der Waals surface area (Å²) in [6.45, 7) is 9.86. The highest BCUT2D eigenvalue weighted by atomic mass is 16.2. The average Bonchev–Trinajstić information content (AvgIpc) is 3.54. The van der Waals surface area contributed by atoms with Crippen molar-refractivity contribution in [3.05, 3.63) is 71.7 Å². The number of amides is 2. The van der Waals surface area contributed by atoms with Crippen LogP contribution in [-0.2, 0) is 6.54 Å². The molecule has 1 spiro atoms. The Bertz CT molecular complexity index is 1780. The molecule has 12 heteroatoms. The second kappa shape index (κ2) is 11.7. The van der Waals surface area contributed by atoms with Gasteiger partial charge >= 0.3 is 6.03 Å². The molecule has 12 nitrogen and oxygen atoms in total. The second-order valence-electron chi connectivity index (χ2n) is 12.6. The number of carbonyl (C=O) groups is 1. The number of benzene rings is 1. The Labute approximate surface area is 262 Å². The van der Waals surface area contributed by atoms with Crippen LogP contribution in [0.2, 0.25) is 0 Å². The number of nitrogens with one attached hydrogen (secondary N) is 1. The first-order valence-corrected chi connectivity index (χ1v) is 15.7. The van der Waals surface area contributed by atoms with Crippen LogP contribution in [0.4, 0.5) is 27.9 Å². The Morgan fingerprint density at radius 3 is 2.29 bits per heavy atom. The number of allylic oxidation sites excluding steroid dienone is 1. The second-order valence-corrected chi connectivity index (χ2v) is 12.6. The van der Waals surface area contributed by atoms with Gasteiger partial charge < -0.3 is 20.0 Å². The molecule has 3 fully saturated rings. The number of anilines is 4. The summed E-state index contributed by atoms with van der Waals surface area (Å²) in [6, 6.07) is 13.7. The molecule has 0 atom stereocenters. The molecule has 1 N–H and O–H groups in total. The van der Waals surface area contributed by atoms with E-state index in [0.29, 0.717) is 47.1 Å². The van der Waals surface area contributed by atoms with Crippen LogP contribution in [0.3, 0.4) is 0 Å². The molecule has 4 aromatic rings. The molecule has 3 saturated heterocycles. The van der Waals surface area contributed by atoms with Crippen LogP contribution in [0, 0.1) is 5.41 Å². The predicted octanol–water partition coefficient (Wildman–Crippen LogP) is 4.09. The minimum atomic E-state index is -0.242. The number of likely N-dealkylation sites (N-methyl/N-ethyl adjacent to an activating group) is 1. The third kappa shape index (κ3) is 5.43. The molecule has 3 aliphatic rings. The van der Waals surface area contributed by atoms with Gasteiger partial charge in [0.25, 0.3) is 5.56 Å². The van der Waals surface area contributed by atoms with Crippen LogP contribution in [0.15, 0.2) is 66.1 Å². The zero-order valence-corrected chi connectivity index (χ0v) is 26.0. The first-order chi connectivity index (χ1) is 21.8. The summed E-state index contributed by atoms with van der Waals surface area (Å²) < 4.78 is 3.21. The van der Waals surface area contributed by atoms with Gasteiger partial charge in [-0.1, -0.05) is 12.1 Å². The number of aromatic nitrogens is 5. The number of pyridine rings is 1. The molecular formula is C33H40N10O2. The fourth-order valence-electron chi connectivity index (χ4n) is 6.87. The summed E-state index contributed by atoms with van der Waals surface area (Å²) in [6.07, 6.45) is 8.34. The summed E-state index contributed by atoms with van der Waals surface area (Å²) in [5, 5.41) is 3.68. The molecule has 45 heavy (non-hydrogen) atoms. The van der Waals surface area contributed by atoms with Gasteiger partial charge in [0.05, 0.1) is 6.54 Å². The van der Waals surface area contributed by atoms with Crippen molar-refractivity contribution < 1.29 is 4.79 Å². The fourth-order valence-corrected chi connectivity index (χ4v) is 6.87. The van der Waals surface area contributed by atoms with E-state index in [-0.39, 0.29) is 18.1 Å². The van der Waals surface area contributed by atoms with Crippen molar-refractivity contribution in [2.45, 2.75) is 32.2 Å². The Morgan fingerprint density at radius 1 is 0.889 bits per heavy atom. The van der Waals surface area contributed by atoms with Gasteiger partial charge in [-0.15, -0.1) is 6.58 Å². The SMILES string of the molecule is C=CCn1c(=O)c2cnc(Nc3ccc(N4CCC5(CCN(C)CC5)CC4)cc3)nc2n1-c1cccc(N2CCN(C)C2=O)n1. The van der Waals surface area contributed by atoms with Crippen molar-refractivity contribution in [3.63, 3.8) is 0 Å². The number of hydrogen-bond acceptors (Lipinski definition) is 8. The maximum Gasteiger partial charge on any atom is 0.325 e. The van der Waals surface area contributed by atoms with Gasteiger partial charge in [0.2, 0.25) is 5.95 Å².